The zero-order chi connectivity index (χ0) is 20.6. The lowest BCUT2D eigenvalue weighted by molar-refractivity contribution is -0.160. The molecule has 0 N–H and O–H groups in total. The van der Waals surface area contributed by atoms with Gasteiger partial charge in [-0.05, 0) is 43.9 Å². The van der Waals surface area contributed by atoms with Gasteiger partial charge in [-0.1, -0.05) is 48.9 Å². The zero-order valence-electron chi connectivity index (χ0n) is 17.6. The lowest BCUT2D eigenvalue weighted by Gasteiger charge is -2.56. The molecule has 2 unspecified atom stereocenters. The quantitative estimate of drug-likeness (QED) is 0.457. The second kappa shape index (κ2) is 6.32. The first-order valence-corrected chi connectivity index (χ1v) is 11.9. The Morgan fingerprint density at radius 3 is 2.66 bits per heavy atom. The number of allylic oxidation sites excluding steroid dienone is 3. The molecule has 1 aliphatic heterocycles. The van der Waals surface area contributed by atoms with Crippen molar-refractivity contribution in [1.82, 2.24) is 0 Å². The second-order valence-corrected chi connectivity index (χ2v) is 11.6. The molecule has 2 saturated carbocycles. The number of Topliss-reactive ketones (excluding diaryl/α,β-unsaturated/α-hetero) is 1. The number of hydrogen-bond acceptors (Lipinski definition) is 5. The van der Waals surface area contributed by atoms with E-state index in [2.05, 4.69) is 26.0 Å². The van der Waals surface area contributed by atoms with Crippen molar-refractivity contribution in [1.29, 1.82) is 0 Å². The van der Waals surface area contributed by atoms with Crippen LogP contribution in [-0.4, -0.2) is 27.7 Å². The Balaban J connectivity index is 1.61. The first kappa shape index (κ1) is 19.6. The topological polar surface area (TPSA) is 60.4 Å². The number of hydrogen-bond donors (Lipinski definition) is 0. The minimum atomic E-state index is -0.338. The molecule has 0 bridgehead atoms. The summed E-state index contributed by atoms with van der Waals surface area (Å²) in [6.45, 7) is 6.27. The predicted octanol–water partition coefficient (Wildman–Crippen LogP) is 4.77. The molecule has 5 rings (SSSR count). The van der Waals surface area contributed by atoms with Gasteiger partial charge in [0, 0.05) is 42.3 Å². The molecule has 4 aliphatic carbocycles. The van der Waals surface area contributed by atoms with Crippen LogP contribution in [-0.2, 0) is 19.1 Å². The van der Waals surface area contributed by atoms with Gasteiger partial charge < -0.3 is 4.74 Å². The van der Waals surface area contributed by atoms with E-state index in [1.165, 1.54) is 22.9 Å². The summed E-state index contributed by atoms with van der Waals surface area (Å²) in [5.41, 5.74) is 2.20. The molecule has 0 radical (unpaired) electrons. The van der Waals surface area contributed by atoms with Gasteiger partial charge >= 0.3 is 5.97 Å². The van der Waals surface area contributed by atoms with Crippen molar-refractivity contribution < 1.29 is 19.1 Å². The van der Waals surface area contributed by atoms with E-state index < -0.39 is 0 Å². The summed E-state index contributed by atoms with van der Waals surface area (Å²) in [5.74, 6) is 0.943. The standard InChI is InChI=1S/C24H30O4S/c1-14(25)29-19-13-15-12-16(26)4-8-22(15,2)17-5-9-23(3)18(21(17)19)6-10-24(23)11-7-20(27)28-24/h5,13,18-19,21H,4,6-12H2,1-3H3/t18?,19-,21?,22+,23+,24-/m1/s1. The van der Waals surface area contributed by atoms with E-state index in [-0.39, 0.29) is 38.7 Å². The Hall–Kier alpha value is -1.36. The molecule has 0 aromatic heterocycles. The van der Waals surface area contributed by atoms with E-state index in [1.807, 2.05) is 0 Å². The van der Waals surface area contributed by atoms with Crippen LogP contribution < -0.4 is 0 Å². The average Bonchev–Trinajstić information content (AvgIpc) is 3.17. The third-order valence-electron chi connectivity index (χ3n) is 8.96. The van der Waals surface area contributed by atoms with E-state index in [0.717, 1.165) is 32.1 Å². The van der Waals surface area contributed by atoms with Gasteiger partial charge in [0.1, 0.15) is 11.4 Å². The van der Waals surface area contributed by atoms with E-state index >= 15 is 0 Å². The maximum atomic E-state index is 12.2. The van der Waals surface area contributed by atoms with Crippen molar-refractivity contribution in [2.45, 2.75) is 83.0 Å². The van der Waals surface area contributed by atoms with E-state index in [0.29, 0.717) is 31.0 Å². The third-order valence-corrected chi connectivity index (χ3v) is 9.99. The van der Waals surface area contributed by atoms with Crippen LogP contribution in [0, 0.1) is 22.7 Å². The highest BCUT2D eigenvalue weighted by Crippen LogP contribution is 2.68. The predicted molar refractivity (Wildman–Crippen MR) is 112 cm³/mol. The molecule has 4 nitrogen and oxygen atoms in total. The highest BCUT2D eigenvalue weighted by atomic mass is 32.2. The van der Waals surface area contributed by atoms with Gasteiger partial charge in [0.15, 0.2) is 5.12 Å². The van der Waals surface area contributed by atoms with Crippen LogP contribution in [0.2, 0.25) is 0 Å². The Morgan fingerprint density at radius 1 is 1.17 bits per heavy atom. The van der Waals surface area contributed by atoms with Crippen molar-refractivity contribution in [3.63, 3.8) is 0 Å². The lowest BCUT2D eigenvalue weighted by atomic mass is 9.51. The molecule has 156 valence electrons. The molecule has 6 atom stereocenters. The van der Waals surface area contributed by atoms with Crippen LogP contribution in [0.4, 0.5) is 0 Å². The molecule has 1 heterocycles. The van der Waals surface area contributed by atoms with Gasteiger partial charge in [-0.3, -0.25) is 14.4 Å². The second-order valence-electron chi connectivity index (χ2n) is 10.2. The van der Waals surface area contributed by atoms with Crippen LogP contribution in [0.1, 0.15) is 72.1 Å². The number of ketones is 1. The smallest absolute Gasteiger partial charge is 0.306 e. The molecule has 3 fully saturated rings. The molecule has 0 amide bonds. The van der Waals surface area contributed by atoms with Crippen molar-refractivity contribution in [3.8, 4) is 0 Å². The number of thioether (sulfide) groups is 1. The Bertz CT molecular complexity index is 872. The van der Waals surface area contributed by atoms with Crippen molar-refractivity contribution in [2.24, 2.45) is 22.7 Å². The van der Waals surface area contributed by atoms with Gasteiger partial charge in [0.05, 0.1) is 0 Å². The van der Waals surface area contributed by atoms with Crippen LogP contribution in [0.25, 0.3) is 0 Å². The number of carbonyl (C=O) groups is 3. The molecule has 0 aromatic rings. The van der Waals surface area contributed by atoms with Crippen LogP contribution in [0.3, 0.4) is 0 Å². The molecule has 5 heteroatoms. The first-order valence-electron chi connectivity index (χ1n) is 11.0. The zero-order valence-corrected chi connectivity index (χ0v) is 18.4. The van der Waals surface area contributed by atoms with Crippen molar-refractivity contribution >= 4 is 28.6 Å². The van der Waals surface area contributed by atoms with Gasteiger partial charge in [-0.2, -0.15) is 0 Å². The summed E-state index contributed by atoms with van der Waals surface area (Å²) in [6.07, 6.45) is 11.0. The Kier molecular flexibility index (Phi) is 4.27. The summed E-state index contributed by atoms with van der Waals surface area (Å²) in [4.78, 5) is 36.4. The van der Waals surface area contributed by atoms with E-state index in [4.69, 9.17) is 4.74 Å². The maximum Gasteiger partial charge on any atom is 0.306 e. The lowest BCUT2D eigenvalue weighted by Crippen LogP contribution is -2.52. The minimum Gasteiger partial charge on any atom is -0.458 e. The van der Waals surface area contributed by atoms with Gasteiger partial charge in [-0.25, -0.2) is 0 Å². The average molecular weight is 415 g/mol. The number of carbonyl (C=O) groups excluding carboxylic acids is 3. The SMILES string of the molecule is CC(=O)S[C@@H]1C=C2CC(=O)CC[C@]2(C)C2=CC[C@@]3(C)C(CC[C@@]34CCC(=O)O4)C21. The molecule has 29 heavy (non-hydrogen) atoms. The summed E-state index contributed by atoms with van der Waals surface area (Å²) in [7, 11) is 0. The molecule has 1 saturated heterocycles. The van der Waals surface area contributed by atoms with E-state index in [9.17, 15) is 14.4 Å². The summed E-state index contributed by atoms with van der Waals surface area (Å²) >= 11 is 1.42. The van der Waals surface area contributed by atoms with Gasteiger partial charge in [0.25, 0.3) is 0 Å². The van der Waals surface area contributed by atoms with Gasteiger partial charge in [0.2, 0.25) is 0 Å². The summed E-state index contributed by atoms with van der Waals surface area (Å²) in [6, 6.07) is 0. The largest absolute Gasteiger partial charge is 0.458 e. The molecular formula is C24H30O4S. The Labute approximate surface area is 176 Å². The first-order chi connectivity index (χ1) is 13.7. The third kappa shape index (κ3) is 2.62. The van der Waals surface area contributed by atoms with Crippen LogP contribution in [0.15, 0.2) is 23.3 Å². The number of esters is 1. The van der Waals surface area contributed by atoms with Crippen LogP contribution in [0.5, 0.6) is 0 Å². The summed E-state index contributed by atoms with van der Waals surface area (Å²) < 4.78 is 6.02. The summed E-state index contributed by atoms with van der Waals surface area (Å²) in [5, 5.41) is 0.203. The molecule has 5 aliphatic rings. The molecule has 1 spiro atoms. The number of fused-ring (bicyclic) bond motifs is 6. The van der Waals surface area contributed by atoms with Gasteiger partial charge in [-0.15, -0.1) is 0 Å². The molecule has 0 aromatic carbocycles. The monoisotopic (exact) mass is 414 g/mol. The molecular weight excluding hydrogens is 384 g/mol. The normalized spacial score (nSPS) is 45.8. The number of ether oxygens (including phenoxy) is 1. The highest BCUT2D eigenvalue weighted by Gasteiger charge is 2.66. The van der Waals surface area contributed by atoms with E-state index in [1.54, 1.807) is 6.92 Å². The van der Waals surface area contributed by atoms with Crippen molar-refractivity contribution in [3.05, 3.63) is 23.3 Å². The number of rotatable bonds is 1. The fraction of sp³-hybridized carbons (Fsp3) is 0.708. The maximum absolute atomic E-state index is 12.2. The highest BCUT2D eigenvalue weighted by molar-refractivity contribution is 8.14. The minimum absolute atomic E-state index is 0.0557. The van der Waals surface area contributed by atoms with Crippen LogP contribution >= 0.6 is 11.8 Å². The fourth-order valence-corrected chi connectivity index (χ4v) is 8.44. The van der Waals surface area contributed by atoms with Crippen molar-refractivity contribution in [2.75, 3.05) is 0 Å². The Morgan fingerprint density at radius 2 is 1.97 bits per heavy atom. The fourth-order valence-electron chi connectivity index (χ4n) is 7.34.